The minimum atomic E-state index is -2.13. The molecule has 1 aliphatic rings. The van der Waals surface area contributed by atoms with Crippen LogP contribution in [0.1, 0.15) is 32.7 Å². The summed E-state index contributed by atoms with van der Waals surface area (Å²) in [6, 6.07) is -0.563. The molecule has 0 radical (unpaired) electrons. The highest BCUT2D eigenvalue weighted by Gasteiger charge is 2.28. The number of nitrogens with zero attached hydrogens (tertiary/aromatic N) is 9. The molecule has 39 heavy (non-hydrogen) atoms. The van der Waals surface area contributed by atoms with Crippen molar-refractivity contribution < 1.29 is 4.79 Å². The van der Waals surface area contributed by atoms with Crippen LogP contribution in [0.3, 0.4) is 0 Å². The Morgan fingerprint density at radius 1 is 1.13 bits per heavy atom. The van der Waals surface area contributed by atoms with Crippen LogP contribution in [0, 0.1) is 0 Å². The first-order valence-electron chi connectivity index (χ1n) is 12.2. The van der Waals surface area contributed by atoms with Crippen LogP contribution >= 0.6 is 0 Å². The zero-order chi connectivity index (χ0) is 28.1. The maximum absolute atomic E-state index is 13.2. The van der Waals surface area contributed by atoms with Gasteiger partial charge >= 0.3 is 5.69 Å². The van der Waals surface area contributed by atoms with Gasteiger partial charge in [-0.05, 0) is 26.7 Å². The maximum atomic E-state index is 13.2. The molecule has 0 aromatic carbocycles. The molecule has 1 saturated heterocycles. The van der Waals surface area contributed by atoms with Crippen molar-refractivity contribution in [1.29, 1.82) is 0 Å². The maximum Gasteiger partial charge on any atom is 0.336 e. The van der Waals surface area contributed by atoms with E-state index in [2.05, 4.69) is 42.1 Å². The van der Waals surface area contributed by atoms with E-state index < -0.39 is 29.1 Å². The molecule has 16 heteroatoms. The highest BCUT2D eigenvalue weighted by molar-refractivity contribution is 5.93. The summed E-state index contributed by atoms with van der Waals surface area (Å²) in [6.07, 6.45) is 9.73. The van der Waals surface area contributed by atoms with E-state index in [1.165, 1.54) is 24.1 Å². The van der Waals surface area contributed by atoms with E-state index in [9.17, 15) is 14.4 Å². The first-order chi connectivity index (χ1) is 18.5. The van der Waals surface area contributed by atoms with Crippen molar-refractivity contribution in [2.45, 2.75) is 44.7 Å². The molecule has 2 unspecified atom stereocenters. The summed E-state index contributed by atoms with van der Waals surface area (Å²) >= 11 is 0. The Bertz CT molecular complexity index is 1670. The number of hydrogen-bond donors (Lipinski definition) is 4. The number of amides is 1. The Labute approximate surface area is 221 Å². The Morgan fingerprint density at radius 2 is 1.85 bits per heavy atom. The van der Waals surface area contributed by atoms with Gasteiger partial charge in [-0.2, -0.15) is 0 Å². The lowest BCUT2D eigenvalue weighted by atomic mass is 10.2. The molecule has 1 amide bonds. The molecule has 1 fully saturated rings. The summed E-state index contributed by atoms with van der Waals surface area (Å²) in [5, 5.41) is 2.70. The summed E-state index contributed by atoms with van der Waals surface area (Å²) in [5.41, 5.74) is 16.6. The fourth-order valence-electron chi connectivity index (χ4n) is 4.60. The molecule has 16 nitrogen and oxygen atoms in total. The van der Waals surface area contributed by atoms with E-state index in [-0.39, 0.29) is 17.0 Å². The van der Waals surface area contributed by atoms with Crippen LogP contribution in [0.5, 0.6) is 0 Å². The minimum absolute atomic E-state index is 0.0742. The van der Waals surface area contributed by atoms with Gasteiger partial charge in [0.15, 0.2) is 17.0 Å². The number of nitrogens with two attached hydrogens (primary N) is 3. The van der Waals surface area contributed by atoms with E-state index in [1.54, 1.807) is 25.5 Å². The topological polar surface area (TPSA) is 224 Å². The van der Waals surface area contributed by atoms with E-state index in [0.717, 1.165) is 28.5 Å². The predicted molar refractivity (Wildman–Crippen MR) is 142 cm³/mol. The summed E-state index contributed by atoms with van der Waals surface area (Å²) in [4.78, 5) is 62.5. The normalized spacial score (nSPS) is 16.6. The SMILES string of the molecule is CC1CCCN1c1ncc(-c2cncc(NC(=O)C(C)n3cnc4c3c(=O)n(C)c(=O)n4C(N)(N)N)n2)cn1. The zero-order valence-corrected chi connectivity index (χ0v) is 21.6. The van der Waals surface area contributed by atoms with Gasteiger partial charge in [-0.25, -0.2) is 29.3 Å². The average molecular weight is 536 g/mol. The van der Waals surface area contributed by atoms with Crippen molar-refractivity contribution >= 4 is 28.8 Å². The first kappa shape index (κ1) is 26.1. The molecular weight excluding hydrogens is 506 g/mol. The van der Waals surface area contributed by atoms with Crippen molar-refractivity contribution in [2.75, 3.05) is 16.8 Å². The summed E-state index contributed by atoms with van der Waals surface area (Å²) in [5.74, 6) is -1.80. The minimum Gasteiger partial charge on any atom is -0.338 e. The summed E-state index contributed by atoms with van der Waals surface area (Å²) < 4.78 is 2.88. The van der Waals surface area contributed by atoms with Gasteiger partial charge in [0.05, 0.1) is 24.4 Å². The van der Waals surface area contributed by atoms with Gasteiger partial charge in [0.1, 0.15) is 6.04 Å². The number of fused-ring (bicyclic) bond motifs is 1. The van der Waals surface area contributed by atoms with E-state index >= 15 is 0 Å². The Morgan fingerprint density at radius 3 is 2.49 bits per heavy atom. The van der Waals surface area contributed by atoms with Crippen LogP contribution in [0.15, 0.2) is 40.7 Å². The first-order valence-corrected chi connectivity index (χ1v) is 12.2. The molecule has 0 saturated carbocycles. The van der Waals surface area contributed by atoms with Crippen LogP contribution in [-0.2, 0) is 17.8 Å². The molecule has 4 aromatic heterocycles. The predicted octanol–water partition coefficient (Wildman–Crippen LogP) is -1.22. The molecule has 0 bridgehead atoms. The zero-order valence-electron chi connectivity index (χ0n) is 21.6. The molecule has 2 atom stereocenters. The molecule has 4 aromatic rings. The van der Waals surface area contributed by atoms with E-state index in [4.69, 9.17) is 17.2 Å². The van der Waals surface area contributed by atoms with Gasteiger partial charge in [-0.3, -0.25) is 36.3 Å². The van der Waals surface area contributed by atoms with Crippen LogP contribution in [0.4, 0.5) is 11.8 Å². The third-order valence-corrected chi connectivity index (χ3v) is 6.79. The number of carbonyl (C=O) groups is 1. The van der Waals surface area contributed by atoms with Gasteiger partial charge in [0, 0.05) is 37.6 Å². The van der Waals surface area contributed by atoms with Crippen LogP contribution in [0.2, 0.25) is 0 Å². The third kappa shape index (κ3) is 4.64. The second-order valence-electron chi connectivity index (χ2n) is 9.60. The van der Waals surface area contributed by atoms with Crippen LogP contribution < -0.4 is 38.7 Å². The second kappa shape index (κ2) is 9.64. The van der Waals surface area contributed by atoms with Crippen molar-refractivity contribution in [1.82, 2.24) is 38.6 Å². The molecule has 0 aliphatic carbocycles. The van der Waals surface area contributed by atoms with Crippen molar-refractivity contribution in [3.8, 4) is 11.3 Å². The quantitative estimate of drug-likeness (QED) is 0.213. The molecule has 7 N–H and O–H groups in total. The fraction of sp³-hybridized carbons (Fsp3) is 0.391. The van der Waals surface area contributed by atoms with Gasteiger partial charge in [-0.1, -0.05) is 0 Å². The van der Waals surface area contributed by atoms with Crippen molar-refractivity contribution in [3.63, 3.8) is 0 Å². The van der Waals surface area contributed by atoms with Gasteiger partial charge in [0.2, 0.25) is 17.8 Å². The van der Waals surface area contributed by atoms with Gasteiger partial charge in [0.25, 0.3) is 5.56 Å². The summed E-state index contributed by atoms with van der Waals surface area (Å²) in [7, 11) is 1.25. The number of imidazole rings is 1. The van der Waals surface area contributed by atoms with E-state index in [0.29, 0.717) is 23.2 Å². The smallest absolute Gasteiger partial charge is 0.336 e. The Hall–Kier alpha value is -4.54. The molecule has 0 spiro atoms. The Kier molecular flexibility index (Phi) is 6.45. The van der Waals surface area contributed by atoms with Crippen LogP contribution in [-0.4, -0.2) is 57.1 Å². The number of carbonyl (C=O) groups excluding carboxylic acids is 1. The lowest BCUT2D eigenvalue weighted by Crippen LogP contribution is -2.64. The highest BCUT2D eigenvalue weighted by atomic mass is 16.2. The second-order valence-corrected chi connectivity index (χ2v) is 9.60. The van der Waals surface area contributed by atoms with E-state index in [1.807, 2.05) is 0 Å². The largest absolute Gasteiger partial charge is 0.338 e. The highest BCUT2D eigenvalue weighted by Crippen LogP contribution is 2.24. The third-order valence-electron chi connectivity index (χ3n) is 6.79. The monoisotopic (exact) mass is 535 g/mol. The van der Waals surface area contributed by atoms with Gasteiger partial charge in [-0.15, -0.1) is 0 Å². The standard InChI is InChI=1S/C23H29N13O3/c1-12-5-4-6-34(12)21-28-7-14(8-29-21)15-9-27-10-16(31-15)32-19(37)13(2)35-11-30-18-17(35)20(38)33(3)22(39)36(18)23(24,25)26/h7-13H,4-6,24-26H2,1-3H3,(H,31,32,37). The lowest BCUT2D eigenvalue weighted by molar-refractivity contribution is -0.118. The average Bonchev–Trinajstić information content (AvgIpc) is 3.53. The number of anilines is 2. The lowest BCUT2D eigenvalue weighted by Gasteiger charge is -2.22. The molecule has 5 heterocycles. The molecular formula is C23H29N13O3. The molecule has 5 rings (SSSR count). The number of nitrogens with one attached hydrogen (secondary N) is 1. The number of hydrogen-bond acceptors (Lipinski definition) is 12. The van der Waals surface area contributed by atoms with Gasteiger partial charge < -0.3 is 14.8 Å². The molecule has 204 valence electrons. The number of rotatable bonds is 6. The summed E-state index contributed by atoms with van der Waals surface area (Å²) in [6.45, 7) is 4.62. The Balaban J connectivity index is 1.40. The van der Waals surface area contributed by atoms with Crippen molar-refractivity contribution in [2.24, 2.45) is 24.2 Å². The fourth-order valence-corrected chi connectivity index (χ4v) is 4.60. The molecule has 1 aliphatic heterocycles. The van der Waals surface area contributed by atoms with Crippen LogP contribution in [0.25, 0.3) is 22.4 Å². The number of aromatic nitrogens is 8. The van der Waals surface area contributed by atoms with Crippen molar-refractivity contribution in [3.05, 3.63) is 52.0 Å².